The smallest absolute Gasteiger partial charge is 0.406 e. The van der Waals surface area contributed by atoms with Crippen LogP contribution >= 0.6 is 0 Å². The standard InChI is InChI=1S/C30H41N5O3/c1-22-7-6-8-25(19-22)34-15-12-23(13-16-34)29-24(21-33(2)17-14-31-30(36)37-3)10-11-27-26(29)20-32-35(27)28-9-4-5-18-38-28/h6-8,10-11,19-20,23,28H,4-5,9,12-18,21H2,1-3H3,(H,31,36). The predicted octanol–water partition coefficient (Wildman–Crippen LogP) is 5.22. The molecule has 5 rings (SSSR count). The van der Waals surface area contributed by atoms with Gasteiger partial charge in [0.1, 0.15) is 0 Å². The Labute approximate surface area is 225 Å². The molecule has 3 heterocycles. The van der Waals surface area contributed by atoms with Crippen molar-refractivity contribution in [3.8, 4) is 0 Å². The van der Waals surface area contributed by atoms with E-state index in [1.807, 2.05) is 0 Å². The molecule has 0 radical (unpaired) electrons. The van der Waals surface area contributed by atoms with Crippen LogP contribution in [-0.4, -0.2) is 67.7 Å². The third-order valence-electron chi connectivity index (χ3n) is 8.00. The van der Waals surface area contributed by atoms with Gasteiger partial charge in [-0.05, 0) is 86.9 Å². The molecule has 0 aliphatic carbocycles. The van der Waals surface area contributed by atoms with Crippen molar-refractivity contribution in [2.45, 2.75) is 57.7 Å². The molecular formula is C30H41N5O3. The Hall–Kier alpha value is -3.10. The zero-order chi connectivity index (χ0) is 26.5. The van der Waals surface area contributed by atoms with Crippen LogP contribution in [0.3, 0.4) is 0 Å². The molecule has 8 heteroatoms. The number of hydrogen-bond acceptors (Lipinski definition) is 6. The summed E-state index contributed by atoms with van der Waals surface area (Å²) in [5.41, 5.74) is 6.57. The van der Waals surface area contributed by atoms with E-state index in [1.165, 1.54) is 46.8 Å². The van der Waals surface area contributed by atoms with Crippen molar-refractivity contribution in [1.29, 1.82) is 0 Å². The second-order valence-corrected chi connectivity index (χ2v) is 10.7. The van der Waals surface area contributed by atoms with E-state index in [-0.39, 0.29) is 6.23 Å². The first-order chi connectivity index (χ1) is 18.5. The number of fused-ring (bicyclic) bond motifs is 1. The Bertz CT molecular complexity index is 1230. The van der Waals surface area contributed by atoms with Gasteiger partial charge in [0.2, 0.25) is 0 Å². The topological polar surface area (TPSA) is 71.9 Å². The lowest BCUT2D eigenvalue weighted by molar-refractivity contribution is -0.0366. The van der Waals surface area contributed by atoms with Gasteiger partial charge in [-0.15, -0.1) is 0 Å². The predicted molar refractivity (Wildman–Crippen MR) is 151 cm³/mol. The maximum Gasteiger partial charge on any atom is 0.406 e. The van der Waals surface area contributed by atoms with E-state index in [0.29, 0.717) is 12.5 Å². The Balaban J connectivity index is 1.39. The third kappa shape index (κ3) is 5.97. The fourth-order valence-corrected chi connectivity index (χ4v) is 6.00. The molecular weight excluding hydrogens is 478 g/mol. The van der Waals surface area contributed by atoms with Gasteiger partial charge in [0.25, 0.3) is 0 Å². The number of nitrogens with one attached hydrogen (secondary N) is 1. The second-order valence-electron chi connectivity index (χ2n) is 10.7. The minimum absolute atomic E-state index is 0.0233. The Kier molecular flexibility index (Phi) is 8.49. The van der Waals surface area contributed by atoms with Gasteiger partial charge in [-0.25, -0.2) is 9.48 Å². The molecule has 1 amide bonds. The van der Waals surface area contributed by atoms with E-state index in [0.717, 1.165) is 58.5 Å². The SMILES string of the molecule is COC(=O)NCCN(C)Cc1ccc2c(cnn2C2CCCCO2)c1C1CCN(c2cccc(C)c2)CC1. The lowest BCUT2D eigenvalue weighted by atomic mass is 9.84. The molecule has 3 aromatic rings. The number of amides is 1. The van der Waals surface area contributed by atoms with Crippen molar-refractivity contribution < 1.29 is 14.3 Å². The quantitative estimate of drug-likeness (QED) is 0.440. The van der Waals surface area contributed by atoms with Crippen LogP contribution < -0.4 is 10.2 Å². The number of carbonyl (C=O) groups excluding carboxylic acids is 1. The fraction of sp³-hybridized carbons (Fsp3) is 0.533. The summed E-state index contributed by atoms with van der Waals surface area (Å²) in [5.74, 6) is 0.473. The first kappa shape index (κ1) is 26.5. The molecule has 38 heavy (non-hydrogen) atoms. The summed E-state index contributed by atoms with van der Waals surface area (Å²) >= 11 is 0. The number of piperidine rings is 1. The third-order valence-corrected chi connectivity index (χ3v) is 8.00. The van der Waals surface area contributed by atoms with Crippen molar-refractivity contribution in [1.82, 2.24) is 20.0 Å². The number of anilines is 1. The van der Waals surface area contributed by atoms with Gasteiger partial charge in [-0.1, -0.05) is 18.2 Å². The molecule has 0 spiro atoms. The molecule has 2 saturated heterocycles. The number of ether oxygens (including phenoxy) is 2. The highest BCUT2D eigenvalue weighted by Crippen LogP contribution is 2.38. The van der Waals surface area contributed by atoms with Crippen molar-refractivity contribution in [2.75, 3.05) is 51.8 Å². The average Bonchev–Trinajstić information content (AvgIpc) is 3.37. The number of rotatable bonds is 8. The van der Waals surface area contributed by atoms with Gasteiger partial charge in [-0.2, -0.15) is 5.10 Å². The zero-order valence-electron chi connectivity index (χ0n) is 23.0. The van der Waals surface area contributed by atoms with Crippen molar-refractivity contribution in [3.05, 3.63) is 59.3 Å². The van der Waals surface area contributed by atoms with Gasteiger partial charge >= 0.3 is 6.09 Å². The van der Waals surface area contributed by atoms with Crippen LogP contribution in [0.5, 0.6) is 0 Å². The largest absolute Gasteiger partial charge is 0.453 e. The maximum atomic E-state index is 11.5. The van der Waals surface area contributed by atoms with E-state index in [4.69, 9.17) is 14.6 Å². The van der Waals surface area contributed by atoms with Gasteiger partial charge in [0.15, 0.2) is 6.23 Å². The number of alkyl carbamates (subject to hydrolysis) is 1. The Morgan fingerprint density at radius 2 is 2.03 bits per heavy atom. The van der Waals surface area contributed by atoms with Crippen LogP contribution in [0.2, 0.25) is 0 Å². The summed E-state index contributed by atoms with van der Waals surface area (Å²) in [5, 5.41) is 8.89. The molecule has 1 atom stereocenters. The molecule has 1 N–H and O–H groups in total. The normalized spacial score (nSPS) is 18.7. The van der Waals surface area contributed by atoms with Crippen LogP contribution in [0.25, 0.3) is 10.9 Å². The molecule has 8 nitrogen and oxygen atoms in total. The molecule has 2 aromatic carbocycles. The number of hydrogen-bond donors (Lipinski definition) is 1. The van der Waals surface area contributed by atoms with Crippen molar-refractivity contribution >= 4 is 22.7 Å². The lowest BCUT2D eigenvalue weighted by Gasteiger charge is -2.35. The first-order valence-electron chi connectivity index (χ1n) is 14.0. The van der Waals surface area contributed by atoms with Crippen molar-refractivity contribution in [3.63, 3.8) is 0 Å². The van der Waals surface area contributed by atoms with Gasteiger partial charge < -0.3 is 24.6 Å². The minimum atomic E-state index is -0.391. The summed E-state index contributed by atoms with van der Waals surface area (Å²) < 4.78 is 12.9. The number of carbonyl (C=O) groups is 1. The van der Waals surface area contributed by atoms with Crippen LogP contribution in [-0.2, 0) is 16.0 Å². The lowest BCUT2D eigenvalue weighted by Crippen LogP contribution is -2.34. The summed E-state index contributed by atoms with van der Waals surface area (Å²) in [6.07, 6.45) is 7.24. The summed E-state index contributed by atoms with van der Waals surface area (Å²) in [7, 11) is 3.50. The van der Waals surface area contributed by atoms with Gasteiger partial charge in [0, 0.05) is 50.4 Å². The molecule has 2 fully saturated rings. The summed E-state index contributed by atoms with van der Waals surface area (Å²) in [6, 6.07) is 13.3. The molecule has 0 saturated carbocycles. The monoisotopic (exact) mass is 519 g/mol. The number of methoxy groups -OCH3 is 1. The van der Waals surface area contributed by atoms with Crippen LogP contribution in [0.1, 0.15) is 60.9 Å². The molecule has 2 aliphatic rings. The molecule has 2 aliphatic heterocycles. The number of aromatic nitrogens is 2. The van der Waals surface area contributed by atoms with Gasteiger partial charge in [-0.3, -0.25) is 0 Å². The molecule has 1 aromatic heterocycles. The highest BCUT2D eigenvalue weighted by Gasteiger charge is 2.27. The van der Waals surface area contributed by atoms with Crippen molar-refractivity contribution in [2.24, 2.45) is 0 Å². The minimum Gasteiger partial charge on any atom is -0.453 e. The molecule has 0 bridgehead atoms. The second kappa shape index (κ2) is 12.2. The van der Waals surface area contributed by atoms with E-state index in [1.54, 1.807) is 0 Å². The van der Waals surface area contributed by atoms with E-state index < -0.39 is 6.09 Å². The number of benzene rings is 2. The van der Waals surface area contributed by atoms with Crippen LogP contribution in [0, 0.1) is 6.92 Å². The Morgan fingerprint density at radius 3 is 2.76 bits per heavy atom. The number of nitrogens with zero attached hydrogens (tertiary/aromatic N) is 4. The highest BCUT2D eigenvalue weighted by molar-refractivity contribution is 5.84. The van der Waals surface area contributed by atoms with E-state index >= 15 is 0 Å². The Morgan fingerprint density at radius 1 is 1.18 bits per heavy atom. The zero-order valence-corrected chi connectivity index (χ0v) is 23.0. The molecule has 204 valence electrons. The highest BCUT2D eigenvalue weighted by atomic mass is 16.5. The molecule has 1 unspecified atom stereocenters. The summed E-state index contributed by atoms with van der Waals surface area (Å²) in [4.78, 5) is 16.2. The number of likely N-dealkylation sites (N-methyl/N-ethyl adjacent to an activating group) is 1. The van der Waals surface area contributed by atoms with E-state index in [2.05, 4.69) is 76.4 Å². The first-order valence-corrected chi connectivity index (χ1v) is 14.0. The average molecular weight is 520 g/mol. The maximum absolute atomic E-state index is 11.5. The summed E-state index contributed by atoms with van der Waals surface area (Å²) in [6.45, 7) is 7.16. The number of aryl methyl sites for hydroxylation is 1. The fourth-order valence-electron chi connectivity index (χ4n) is 6.00. The van der Waals surface area contributed by atoms with E-state index in [9.17, 15) is 4.79 Å². The van der Waals surface area contributed by atoms with Gasteiger partial charge in [0.05, 0.1) is 18.8 Å². The van der Waals surface area contributed by atoms with Crippen LogP contribution in [0.15, 0.2) is 42.6 Å². The van der Waals surface area contributed by atoms with Crippen LogP contribution in [0.4, 0.5) is 10.5 Å².